The maximum Gasteiger partial charge on any atom is 0.244 e. The molecular formula is C18H15ClFNO3. The highest BCUT2D eigenvalue weighted by atomic mass is 35.5. The summed E-state index contributed by atoms with van der Waals surface area (Å²) >= 11 is 6.09. The SMILES string of the molecule is O=C(/C=C/c1cc(Cl)c2c(c1)OCO2)NCCc1ccc(F)cc1. The van der Waals surface area contributed by atoms with Crippen LogP contribution in [0.25, 0.3) is 6.08 Å². The normalized spacial score (nSPS) is 12.6. The molecule has 0 saturated heterocycles. The van der Waals surface area contributed by atoms with Crippen molar-refractivity contribution in [3.05, 3.63) is 64.4 Å². The number of ether oxygens (including phenoxy) is 2. The van der Waals surface area contributed by atoms with E-state index in [1.165, 1.54) is 18.2 Å². The molecule has 1 heterocycles. The van der Waals surface area contributed by atoms with Gasteiger partial charge in [0.15, 0.2) is 11.5 Å². The molecule has 0 aromatic heterocycles. The monoisotopic (exact) mass is 347 g/mol. The Bertz CT molecular complexity index is 775. The van der Waals surface area contributed by atoms with Crippen LogP contribution >= 0.6 is 11.6 Å². The Balaban J connectivity index is 1.52. The van der Waals surface area contributed by atoms with Gasteiger partial charge >= 0.3 is 0 Å². The minimum atomic E-state index is -0.270. The molecule has 0 atom stereocenters. The van der Waals surface area contributed by atoms with Crippen molar-refractivity contribution in [1.29, 1.82) is 0 Å². The molecule has 0 fully saturated rings. The van der Waals surface area contributed by atoms with Crippen LogP contribution in [0.4, 0.5) is 4.39 Å². The summed E-state index contributed by atoms with van der Waals surface area (Å²) in [5, 5.41) is 3.22. The molecule has 0 radical (unpaired) electrons. The second kappa shape index (κ2) is 7.36. The number of hydrogen-bond acceptors (Lipinski definition) is 3. The molecule has 2 aromatic carbocycles. The second-order valence-electron chi connectivity index (χ2n) is 5.24. The van der Waals surface area contributed by atoms with Gasteiger partial charge in [-0.2, -0.15) is 0 Å². The van der Waals surface area contributed by atoms with E-state index >= 15 is 0 Å². The van der Waals surface area contributed by atoms with E-state index < -0.39 is 0 Å². The number of hydrogen-bond donors (Lipinski definition) is 1. The molecule has 2 aromatic rings. The van der Waals surface area contributed by atoms with Gasteiger partial charge in [-0.3, -0.25) is 4.79 Å². The molecule has 1 amide bonds. The van der Waals surface area contributed by atoms with Gasteiger partial charge in [-0.25, -0.2) is 4.39 Å². The third-order valence-electron chi connectivity index (χ3n) is 3.50. The van der Waals surface area contributed by atoms with E-state index in [1.807, 2.05) is 0 Å². The Labute approximate surface area is 143 Å². The molecule has 1 aliphatic rings. The van der Waals surface area contributed by atoms with Gasteiger partial charge in [0.2, 0.25) is 12.7 Å². The zero-order valence-electron chi connectivity index (χ0n) is 12.7. The number of carbonyl (C=O) groups excluding carboxylic acids is 1. The number of halogens is 2. The van der Waals surface area contributed by atoms with E-state index in [9.17, 15) is 9.18 Å². The minimum absolute atomic E-state index is 0.145. The largest absolute Gasteiger partial charge is 0.454 e. The molecule has 0 bridgehead atoms. The highest BCUT2D eigenvalue weighted by molar-refractivity contribution is 6.32. The van der Waals surface area contributed by atoms with Gasteiger partial charge in [0.1, 0.15) is 5.82 Å². The van der Waals surface area contributed by atoms with Crippen molar-refractivity contribution in [3.8, 4) is 11.5 Å². The molecular weight excluding hydrogens is 333 g/mol. The molecule has 24 heavy (non-hydrogen) atoms. The van der Waals surface area contributed by atoms with Gasteiger partial charge in [0, 0.05) is 12.6 Å². The first-order chi connectivity index (χ1) is 11.6. The summed E-state index contributed by atoms with van der Waals surface area (Å²) in [6, 6.07) is 9.67. The number of fused-ring (bicyclic) bond motifs is 1. The van der Waals surface area contributed by atoms with Crippen LogP contribution in [-0.4, -0.2) is 19.2 Å². The van der Waals surface area contributed by atoms with Crippen LogP contribution in [0.15, 0.2) is 42.5 Å². The molecule has 4 nitrogen and oxygen atoms in total. The third-order valence-corrected chi connectivity index (χ3v) is 3.78. The van der Waals surface area contributed by atoms with Crippen molar-refractivity contribution in [2.45, 2.75) is 6.42 Å². The Kier molecular flexibility index (Phi) is 5.01. The molecule has 0 aliphatic carbocycles. The topological polar surface area (TPSA) is 47.6 Å². The quantitative estimate of drug-likeness (QED) is 0.841. The van der Waals surface area contributed by atoms with Crippen molar-refractivity contribution < 1.29 is 18.7 Å². The van der Waals surface area contributed by atoms with Crippen LogP contribution in [0.2, 0.25) is 5.02 Å². The minimum Gasteiger partial charge on any atom is -0.454 e. The molecule has 1 N–H and O–H groups in total. The van der Waals surface area contributed by atoms with E-state index in [1.54, 1.807) is 30.3 Å². The molecule has 0 unspecified atom stereocenters. The summed E-state index contributed by atoms with van der Waals surface area (Å²) in [5.74, 6) is 0.607. The highest BCUT2D eigenvalue weighted by Gasteiger charge is 2.17. The summed E-state index contributed by atoms with van der Waals surface area (Å²) in [6.07, 6.45) is 3.72. The van der Waals surface area contributed by atoms with E-state index in [4.69, 9.17) is 21.1 Å². The zero-order valence-corrected chi connectivity index (χ0v) is 13.5. The number of amides is 1. The number of carbonyl (C=O) groups is 1. The number of benzene rings is 2. The molecule has 3 rings (SSSR count). The first kappa shape index (κ1) is 16.3. The van der Waals surface area contributed by atoms with Gasteiger partial charge in [-0.15, -0.1) is 0 Å². The van der Waals surface area contributed by atoms with Crippen molar-refractivity contribution >= 4 is 23.6 Å². The van der Waals surface area contributed by atoms with Crippen LogP contribution in [0.3, 0.4) is 0 Å². The maximum absolute atomic E-state index is 12.8. The van der Waals surface area contributed by atoms with Gasteiger partial charge < -0.3 is 14.8 Å². The average molecular weight is 348 g/mol. The Morgan fingerprint density at radius 3 is 2.83 bits per heavy atom. The molecule has 124 valence electrons. The zero-order chi connectivity index (χ0) is 16.9. The van der Waals surface area contributed by atoms with Crippen LogP contribution in [0, 0.1) is 5.82 Å². The summed E-state index contributed by atoms with van der Waals surface area (Å²) in [4.78, 5) is 11.8. The Hall–Kier alpha value is -2.53. The number of rotatable bonds is 5. The van der Waals surface area contributed by atoms with Crippen molar-refractivity contribution in [3.63, 3.8) is 0 Å². The van der Waals surface area contributed by atoms with Gasteiger partial charge in [-0.1, -0.05) is 23.7 Å². The van der Waals surface area contributed by atoms with E-state index in [0.29, 0.717) is 29.5 Å². The summed E-state index contributed by atoms with van der Waals surface area (Å²) < 4.78 is 23.3. The lowest BCUT2D eigenvalue weighted by atomic mass is 10.1. The van der Waals surface area contributed by atoms with Gasteiger partial charge in [0.05, 0.1) is 5.02 Å². The van der Waals surface area contributed by atoms with Gasteiger partial charge in [-0.05, 0) is 47.9 Å². The first-order valence-corrected chi connectivity index (χ1v) is 7.79. The molecule has 0 saturated carbocycles. The van der Waals surface area contributed by atoms with Crippen molar-refractivity contribution in [2.75, 3.05) is 13.3 Å². The van der Waals surface area contributed by atoms with Gasteiger partial charge in [0.25, 0.3) is 0 Å². The maximum atomic E-state index is 12.8. The second-order valence-corrected chi connectivity index (χ2v) is 5.64. The van der Waals surface area contributed by atoms with Crippen molar-refractivity contribution in [1.82, 2.24) is 5.32 Å². The number of nitrogens with one attached hydrogen (secondary N) is 1. The third kappa shape index (κ3) is 4.06. The summed E-state index contributed by atoms with van der Waals surface area (Å²) in [6.45, 7) is 0.614. The van der Waals surface area contributed by atoms with E-state index in [0.717, 1.165) is 11.1 Å². The van der Waals surface area contributed by atoms with Crippen LogP contribution in [0.1, 0.15) is 11.1 Å². The first-order valence-electron chi connectivity index (χ1n) is 7.41. The molecule has 1 aliphatic heterocycles. The summed E-state index contributed by atoms with van der Waals surface area (Å²) in [7, 11) is 0. The predicted molar refractivity (Wildman–Crippen MR) is 89.7 cm³/mol. The lowest BCUT2D eigenvalue weighted by Gasteiger charge is -2.03. The fraction of sp³-hybridized carbons (Fsp3) is 0.167. The van der Waals surface area contributed by atoms with Crippen molar-refractivity contribution in [2.24, 2.45) is 0 Å². The summed E-state index contributed by atoms with van der Waals surface area (Å²) in [5.41, 5.74) is 1.71. The van der Waals surface area contributed by atoms with E-state index in [-0.39, 0.29) is 18.5 Å². The Morgan fingerprint density at radius 2 is 2.04 bits per heavy atom. The lowest BCUT2D eigenvalue weighted by Crippen LogP contribution is -2.23. The molecule has 6 heteroatoms. The predicted octanol–water partition coefficient (Wildman–Crippen LogP) is 3.58. The molecule has 0 spiro atoms. The fourth-order valence-electron chi connectivity index (χ4n) is 2.30. The highest BCUT2D eigenvalue weighted by Crippen LogP contribution is 2.39. The fourth-order valence-corrected chi connectivity index (χ4v) is 2.57. The van der Waals surface area contributed by atoms with E-state index in [2.05, 4.69) is 5.32 Å². The van der Waals surface area contributed by atoms with Crippen LogP contribution in [-0.2, 0) is 11.2 Å². The Morgan fingerprint density at radius 1 is 1.25 bits per heavy atom. The lowest BCUT2D eigenvalue weighted by molar-refractivity contribution is -0.116. The van der Waals surface area contributed by atoms with Crippen LogP contribution < -0.4 is 14.8 Å². The van der Waals surface area contributed by atoms with Crippen LogP contribution in [0.5, 0.6) is 11.5 Å². The standard InChI is InChI=1S/C18H15ClFNO3/c19-15-9-13(10-16-18(15)24-11-23-16)3-6-17(22)21-8-7-12-1-4-14(20)5-2-12/h1-6,9-10H,7-8,11H2,(H,21,22)/b6-3+. The smallest absolute Gasteiger partial charge is 0.244 e. The average Bonchev–Trinajstić information content (AvgIpc) is 3.04.